The number of sulfone groups is 1. The maximum atomic E-state index is 15.3. The summed E-state index contributed by atoms with van der Waals surface area (Å²) in [5, 5.41) is 2.88. The number of anilines is 2. The summed E-state index contributed by atoms with van der Waals surface area (Å²) in [4.78, 5) is 27.2. The smallest absolute Gasteiger partial charge is 0.322 e. The number of likely N-dealkylation sites (N-methyl/N-ethyl adjacent to an activating group) is 1. The normalized spacial score (nSPS) is 11.1. The van der Waals surface area contributed by atoms with Gasteiger partial charge in [0.1, 0.15) is 11.4 Å². The van der Waals surface area contributed by atoms with Gasteiger partial charge in [-0.15, -0.1) is 0 Å². The van der Waals surface area contributed by atoms with Gasteiger partial charge in [-0.25, -0.2) is 17.6 Å². The third-order valence-electron chi connectivity index (χ3n) is 5.03. The Morgan fingerprint density at radius 2 is 1.59 bits per heavy atom. The molecule has 0 spiro atoms. The number of halogens is 2. The average molecular weight is 504 g/mol. The van der Waals surface area contributed by atoms with E-state index in [9.17, 15) is 18.0 Å². The lowest BCUT2D eigenvalue weighted by Gasteiger charge is -2.24. The highest BCUT2D eigenvalue weighted by Crippen LogP contribution is 2.33. The van der Waals surface area contributed by atoms with Crippen LogP contribution in [0.15, 0.2) is 71.6 Å². The molecular weight excluding hydrogens is 481 g/mol. The van der Waals surface area contributed by atoms with Crippen LogP contribution in [0.4, 0.5) is 20.6 Å². The molecule has 0 atom stereocenters. The third-order valence-corrected chi connectivity index (χ3v) is 6.43. The molecule has 178 valence electrons. The predicted octanol–water partition coefficient (Wildman–Crippen LogP) is 4.68. The molecule has 3 aromatic rings. The third kappa shape index (κ3) is 5.73. The van der Waals surface area contributed by atoms with Gasteiger partial charge in [-0.1, -0.05) is 48.0 Å². The van der Waals surface area contributed by atoms with Gasteiger partial charge in [-0.2, -0.15) is 0 Å². The first-order valence-corrected chi connectivity index (χ1v) is 12.4. The van der Waals surface area contributed by atoms with Gasteiger partial charge in [0, 0.05) is 36.6 Å². The number of carbonyl (C=O) groups excluding carboxylic acids is 2. The van der Waals surface area contributed by atoms with Gasteiger partial charge in [0.15, 0.2) is 15.7 Å². The molecule has 0 aliphatic rings. The molecule has 0 saturated heterocycles. The fourth-order valence-electron chi connectivity index (χ4n) is 3.36. The summed E-state index contributed by atoms with van der Waals surface area (Å²) >= 11 is 5.87. The van der Waals surface area contributed by atoms with Crippen molar-refractivity contribution < 1.29 is 22.4 Å². The van der Waals surface area contributed by atoms with Crippen molar-refractivity contribution in [1.82, 2.24) is 4.90 Å². The summed E-state index contributed by atoms with van der Waals surface area (Å²) < 4.78 is 40.0. The molecule has 3 aromatic carbocycles. The van der Waals surface area contributed by atoms with Crippen LogP contribution in [0.2, 0.25) is 5.02 Å². The first kappa shape index (κ1) is 25.2. The second-order valence-electron chi connectivity index (χ2n) is 7.66. The molecule has 0 bridgehead atoms. The highest BCUT2D eigenvalue weighted by Gasteiger charge is 2.24. The zero-order chi connectivity index (χ0) is 25.0. The number of nitrogens with one attached hydrogen (secondary N) is 1. The van der Waals surface area contributed by atoms with Crippen molar-refractivity contribution in [3.8, 4) is 11.1 Å². The first-order chi connectivity index (χ1) is 16.0. The predicted molar refractivity (Wildman–Crippen MR) is 131 cm³/mol. The Kier molecular flexibility index (Phi) is 7.58. The number of carbonyl (C=O) groups is 2. The van der Waals surface area contributed by atoms with Crippen LogP contribution < -0.4 is 10.2 Å². The molecule has 34 heavy (non-hydrogen) atoms. The summed E-state index contributed by atoms with van der Waals surface area (Å²) in [7, 11) is -0.995. The molecule has 0 aromatic heterocycles. The molecule has 0 saturated carbocycles. The number of hydrogen-bond acceptors (Lipinski definition) is 4. The van der Waals surface area contributed by atoms with Crippen LogP contribution >= 0.6 is 11.6 Å². The van der Waals surface area contributed by atoms with E-state index < -0.39 is 32.5 Å². The standard InChI is InChI=1S/C24H23ClFN3O4S/c1-28(24(31)29(2)18-11-9-17(25)10-12-18)15-21(30)27-20-14-13-19(16-7-5-4-6-8-16)23(22(20)26)34(3,32)33/h4-14H,15H2,1-3H3,(H,27,30). The van der Waals surface area contributed by atoms with Crippen LogP contribution in [0, 0.1) is 5.82 Å². The first-order valence-electron chi connectivity index (χ1n) is 10.1. The summed E-state index contributed by atoms with van der Waals surface area (Å²) in [6.45, 7) is -0.384. The molecule has 0 fully saturated rings. The van der Waals surface area contributed by atoms with E-state index in [0.717, 1.165) is 11.2 Å². The van der Waals surface area contributed by atoms with E-state index in [1.54, 1.807) is 61.6 Å². The van der Waals surface area contributed by atoms with Crippen molar-refractivity contribution in [2.75, 3.05) is 37.1 Å². The van der Waals surface area contributed by atoms with Crippen molar-refractivity contribution in [2.45, 2.75) is 4.90 Å². The van der Waals surface area contributed by atoms with E-state index in [1.807, 2.05) is 0 Å². The lowest BCUT2D eigenvalue weighted by molar-refractivity contribution is -0.116. The Hall–Kier alpha value is -3.43. The van der Waals surface area contributed by atoms with Crippen LogP contribution in [0.1, 0.15) is 0 Å². The number of benzene rings is 3. The summed E-state index contributed by atoms with van der Waals surface area (Å²) in [5.74, 6) is -1.75. The monoisotopic (exact) mass is 503 g/mol. The lowest BCUT2D eigenvalue weighted by atomic mass is 10.0. The summed E-state index contributed by atoms with van der Waals surface area (Å²) in [6.07, 6.45) is 0.905. The lowest BCUT2D eigenvalue weighted by Crippen LogP contribution is -2.42. The van der Waals surface area contributed by atoms with Crippen molar-refractivity contribution in [3.63, 3.8) is 0 Å². The van der Waals surface area contributed by atoms with Crippen molar-refractivity contribution in [2.24, 2.45) is 0 Å². The van der Waals surface area contributed by atoms with Crippen LogP contribution in [0.25, 0.3) is 11.1 Å². The zero-order valence-corrected chi connectivity index (χ0v) is 20.3. The highest BCUT2D eigenvalue weighted by atomic mass is 35.5. The van der Waals surface area contributed by atoms with Gasteiger partial charge < -0.3 is 10.2 Å². The summed E-state index contributed by atoms with van der Waals surface area (Å²) in [6, 6.07) is 17.4. The molecule has 0 aliphatic carbocycles. The molecule has 7 nitrogen and oxygen atoms in total. The van der Waals surface area contributed by atoms with E-state index in [0.29, 0.717) is 16.3 Å². The van der Waals surface area contributed by atoms with Crippen LogP contribution in [0.5, 0.6) is 0 Å². The van der Waals surface area contributed by atoms with Crippen LogP contribution in [-0.2, 0) is 14.6 Å². The average Bonchev–Trinajstić information content (AvgIpc) is 2.79. The minimum absolute atomic E-state index is 0.190. The molecule has 3 amide bonds. The minimum atomic E-state index is -3.96. The fraction of sp³-hybridized carbons (Fsp3) is 0.167. The SMILES string of the molecule is CN(CC(=O)Nc1ccc(-c2ccccc2)c(S(C)(=O)=O)c1F)C(=O)N(C)c1ccc(Cl)cc1. The Balaban J connectivity index is 1.79. The van der Waals surface area contributed by atoms with Crippen molar-refractivity contribution in [3.05, 3.63) is 77.6 Å². The molecule has 10 heteroatoms. The second-order valence-corrected chi connectivity index (χ2v) is 10.1. The van der Waals surface area contributed by atoms with E-state index in [-0.39, 0.29) is 17.8 Å². The Morgan fingerprint density at radius 3 is 2.18 bits per heavy atom. The largest absolute Gasteiger partial charge is 0.324 e. The number of nitrogens with zero attached hydrogens (tertiary/aromatic N) is 2. The van der Waals surface area contributed by atoms with Gasteiger partial charge >= 0.3 is 6.03 Å². The van der Waals surface area contributed by atoms with E-state index in [4.69, 9.17) is 11.6 Å². The Bertz CT molecular complexity index is 1320. The molecule has 1 N–H and O–H groups in total. The summed E-state index contributed by atoms with van der Waals surface area (Å²) in [5.41, 5.74) is 0.991. The highest BCUT2D eigenvalue weighted by molar-refractivity contribution is 7.90. The number of urea groups is 1. The van der Waals surface area contributed by atoms with E-state index in [1.165, 1.54) is 24.1 Å². The van der Waals surface area contributed by atoms with Crippen molar-refractivity contribution >= 4 is 44.8 Å². The number of hydrogen-bond donors (Lipinski definition) is 1. The maximum absolute atomic E-state index is 15.3. The Morgan fingerprint density at radius 1 is 0.971 bits per heavy atom. The molecule has 0 heterocycles. The minimum Gasteiger partial charge on any atom is -0.322 e. The molecule has 0 aliphatic heterocycles. The molecule has 0 unspecified atom stereocenters. The van der Waals surface area contributed by atoms with E-state index in [2.05, 4.69) is 5.32 Å². The Labute approximate surface area is 202 Å². The van der Waals surface area contributed by atoms with E-state index >= 15 is 4.39 Å². The zero-order valence-electron chi connectivity index (χ0n) is 18.7. The maximum Gasteiger partial charge on any atom is 0.324 e. The van der Waals surface area contributed by atoms with Gasteiger partial charge in [0.25, 0.3) is 0 Å². The quantitative estimate of drug-likeness (QED) is 0.529. The second kappa shape index (κ2) is 10.2. The number of rotatable bonds is 6. The molecule has 0 radical (unpaired) electrons. The molecule has 3 rings (SSSR count). The van der Waals surface area contributed by atoms with Crippen LogP contribution in [0.3, 0.4) is 0 Å². The van der Waals surface area contributed by atoms with Gasteiger partial charge in [-0.05, 0) is 35.9 Å². The van der Waals surface area contributed by atoms with Crippen LogP contribution in [-0.4, -0.2) is 52.2 Å². The van der Waals surface area contributed by atoms with Crippen molar-refractivity contribution in [1.29, 1.82) is 0 Å². The topological polar surface area (TPSA) is 86.8 Å². The van der Waals surface area contributed by atoms with Gasteiger partial charge in [0.2, 0.25) is 5.91 Å². The van der Waals surface area contributed by atoms with Gasteiger partial charge in [-0.3, -0.25) is 9.69 Å². The molecular formula is C24H23ClFN3O4S. The van der Waals surface area contributed by atoms with Gasteiger partial charge in [0.05, 0.1) is 5.69 Å². The fourth-order valence-corrected chi connectivity index (χ4v) is 4.51. The number of amides is 3.